The monoisotopic (exact) mass is 205 g/mol. The van der Waals surface area contributed by atoms with E-state index in [1.807, 2.05) is 0 Å². The van der Waals surface area contributed by atoms with E-state index in [1.165, 1.54) is 5.56 Å². The normalized spacial score (nSPS) is 12.4. The van der Waals surface area contributed by atoms with Crippen molar-refractivity contribution in [3.63, 3.8) is 0 Å². The molecule has 2 aromatic heterocycles. The zero-order valence-corrected chi connectivity index (χ0v) is 8.66. The van der Waals surface area contributed by atoms with Gasteiger partial charge in [0.1, 0.15) is 5.82 Å². The number of nitrogens with one attached hydrogen (secondary N) is 1. The number of nitrogens with zero attached hydrogens (tertiary/aromatic N) is 2. The molecule has 4 heteroatoms. The smallest absolute Gasteiger partial charge is 0.144 e. The lowest BCUT2D eigenvalue weighted by Gasteiger charge is -2.12. The molecule has 0 saturated heterocycles. The maximum Gasteiger partial charge on any atom is 0.144 e. The van der Waals surface area contributed by atoms with Crippen LogP contribution in [0.15, 0.2) is 35.4 Å². The van der Waals surface area contributed by atoms with Gasteiger partial charge in [-0.25, -0.2) is 4.98 Å². The molecule has 0 amide bonds. The van der Waals surface area contributed by atoms with E-state index in [9.17, 15) is 0 Å². The molecule has 0 aromatic carbocycles. The SMILES string of the molecule is CC(Nc1cnccn1)c1ccsc1. The standard InChI is InChI=1S/C10H11N3S/c1-8(9-2-5-14-7-9)13-10-6-11-3-4-12-10/h2-8H,1H3,(H,12,13). The molecule has 3 nitrogen and oxygen atoms in total. The third-order valence-corrected chi connectivity index (χ3v) is 2.67. The summed E-state index contributed by atoms with van der Waals surface area (Å²) in [4.78, 5) is 8.16. The van der Waals surface area contributed by atoms with Crippen molar-refractivity contribution >= 4 is 17.2 Å². The van der Waals surface area contributed by atoms with Crippen LogP contribution in [0.5, 0.6) is 0 Å². The molecule has 0 radical (unpaired) electrons. The second kappa shape index (κ2) is 4.19. The Morgan fingerprint density at radius 2 is 2.36 bits per heavy atom. The highest BCUT2D eigenvalue weighted by Gasteiger charge is 2.05. The summed E-state index contributed by atoms with van der Waals surface area (Å²) < 4.78 is 0. The molecule has 0 fully saturated rings. The van der Waals surface area contributed by atoms with Gasteiger partial charge in [0.2, 0.25) is 0 Å². The molecule has 2 rings (SSSR count). The van der Waals surface area contributed by atoms with Gasteiger partial charge in [0, 0.05) is 12.4 Å². The minimum Gasteiger partial charge on any atom is -0.362 e. The zero-order chi connectivity index (χ0) is 9.80. The van der Waals surface area contributed by atoms with Gasteiger partial charge in [-0.05, 0) is 29.3 Å². The number of rotatable bonds is 3. The van der Waals surface area contributed by atoms with Gasteiger partial charge in [0.25, 0.3) is 0 Å². The Morgan fingerprint density at radius 3 is 3.00 bits per heavy atom. The molecule has 2 heterocycles. The summed E-state index contributed by atoms with van der Waals surface area (Å²) in [6, 6.07) is 2.39. The lowest BCUT2D eigenvalue weighted by atomic mass is 10.2. The van der Waals surface area contributed by atoms with Crippen molar-refractivity contribution in [2.75, 3.05) is 5.32 Å². The van der Waals surface area contributed by atoms with Crippen LogP contribution in [0.1, 0.15) is 18.5 Å². The molecule has 0 spiro atoms. The fraction of sp³-hybridized carbons (Fsp3) is 0.200. The molecule has 14 heavy (non-hydrogen) atoms. The first kappa shape index (κ1) is 9.15. The Kier molecular flexibility index (Phi) is 2.74. The van der Waals surface area contributed by atoms with E-state index in [1.54, 1.807) is 29.9 Å². The molecular weight excluding hydrogens is 194 g/mol. The second-order valence-corrected chi connectivity index (χ2v) is 3.79. The minimum atomic E-state index is 0.276. The number of hydrogen-bond donors (Lipinski definition) is 1. The van der Waals surface area contributed by atoms with Gasteiger partial charge in [-0.1, -0.05) is 0 Å². The fourth-order valence-electron chi connectivity index (χ4n) is 1.20. The van der Waals surface area contributed by atoms with Crippen LogP contribution in [-0.2, 0) is 0 Å². The third-order valence-electron chi connectivity index (χ3n) is 1.97. The minimum absolute atomic E-state index is 0.276. The molecule has 1 N–H and O–H groups in total. The summed E-state index contributed by atoms with van der Waals surface area (Å²) in [6.45, 7) is 2.11. The summed E-state index contributed by atoms with van der Waals surface area (Å²) in [7, 11) is 0. The van der Waals surface area contributed by atoms with Crippen LogP contribution in [-0.4, -0.2) is 9.97 Å². The van der Waals surface area contributed by atoms with E-state index in [0.717, 1.165) is 5.82 Å². The molecule has 0 aliphatic carbocycles. The van der Waals surface area contributed by atoms with Crippen LogP contribution in [0.25, 0.3) is 0 Å². The lowest BCUT2D eigenvalue weighted by molar-refractivity contribution is 0.876. The maximum atomic E-state index is 4.16. The molecule has 0 aliphatic rings. The number of hydrogen-bond acceptors (Lipinski definition) is 4. The Morgan fingerprint density at radius 1 is 1.43 bits per heavy atom. The summed E-state index contributed by atoms with van der Waals surface area (Å²) in [5, 5.41) is 7.48. The van der Waals surface area contributed by atoms with Gasteiger partial charge >= 0.3 is 0 Å². The van der Waals surface area contributed by atoms with Crippen molar-refractivity contribution in [2.45, 2.75) is 13.0 Å². The Labute approximate surface area is 86.8 Å². The van der Waals surface area contributed by atoms with Gasteiger partial charge < -0.3 is 5.32 Å². The largest absolute Gasteiger partial charge is 0.362 e. The van der Waals surface area contributed by atoms with Crippen molar-refractivity contribution < 1.29 is 0 Å². The summed E-state index contributed by atoms with van der Waals surface area (Å²) in [6.07, 6.45) is 5.08. The highest BCUT2D eigenvalue weighted by Crippen LogP contribution is 2.19. The molecule has 0 bridgehead atoms. The molecule has 0 aliphatic heterocycles. The second-order valence-electron chi connectivity index (χ2n) is 3.01. The number of anilines is 1. The molecule has 0 saturated carbocycles. The zero-order valence-electron chi connectivity index (χ0n) is 7.84. The topological polar surface area (TPSA) is 37.8 Å². The maximum absolute atomic E-state index is 4.16. The van der Waals surface area contributed by atoms with E-state index in [2.05, 4.69) is 39.0 Å². The summed E-state index contributed by atoms with van der Waals surface area (Å²) in [5.74, 6) is 0.811. The predicted octanol–water partition coefficient (Wildman–Crippen LogP) is 2.71. The predicted molar refractivity (Wildman–Crippen MR) is 58.4 cm³/mol. The molecule has 2 aromatic rings. The van der Waals surface area contributed by atoms with Crippen LogP contribution in [0, 0.1) is 0 Å². The number of thiophene rings is 1. The highest BCUT2D eigenvalue weighted by molar-refractivity contribution is 7.07. The number of aromatic nitrogens is 2. The van der Waals surface area contributed by atoms with E-state index in [0.29, 0.717) is 0 Å². The van der Waals surface area contributed by atoms with Crippen LogP contribution >= 0.6 is 11.3 Å². The van der Waals surface area contributed by atoms with Crippen molar-refractivity contribution in [2.24, 2.45) is 0 Å². The highest BCUT2D eigenvalue weighted by atomic mass is 32.1. The van der Waals surface area contributed by atoms with E-state index < -0.39 is 0 Å². The third kappa shape index (κ3) is 2.09. The van der Waals surface area contributed by atoms with E-state index in [-0.39, 0.29) is 6.04 Å². The van der Waals surface area contributed by atoms with Crippen molar-refractivity contribution in [1.82, 2.24) is 9.97 Å². The molecule has 72 valence electrons. The van der Waals surface area contributed by atoms with Crippen LogP contribution in [0.2, 0.25) is 0 Å². The van der Waals surface area contributed by atoms with Gasteiger partial charge in [-0.15, -0.1) is 0 Å². The quantitative estimate of drug-likeness (QED) is 0.837. The lowest BCUT2D eigenvalue weighted by Crippen LogP contribution is -2.06. The first-order valence-electron chi connectivity index (χ1n) is 4.41. The van der Waals surface area contributed by atoms with Gasteiger partial charge in [0.05, 0.1) is 12.2 Å². The van der Waals surface area contributed by atoms with Gasteiger partial charge in [-0.3, -0.25) is 4.98 Å². The Bertz CT molecular complexity index is 372. The fourth-order valence-corrected chi connectivity index (χ4v) is 1.95. The summed E-state index contributed by atoms with van der Waals surface area (Å²) >= 11 is 1.70. The Hall–Kier alpha value is -1.42. The first-order chi connectivity index (χ1) is 6.86. The van der Waals surface area contributed by atoms with Crippen LogP contribution < -0.4 is 5.32 Å². The van der Waals surface area contributed by atoms with E-state index in [4.69, 9.17) is 0 Å². The van der Waals surface area contributed by atoms with Crippen molar-refractivity contribution in [3.8, 4) is 0 Å². The summed E-state index contributed by atoms with van der Waals surface area (Å²) in [5.41, 5.74) is 1.28. The van der Waals surface area contributed by atoms with Crippen LogP contribution in [0.4, 0.5) is 5.82 Å². The van der Waals surface area contributed by atoms with E-state index >= 15 is 0 Å². The van der Waals surface area contributed by atoms with Gasteiger partial charge in [-0.2, -0.15) is 11.3 Å². The molecule has 1 atom stereocenters. The van der Waals surface area contributed by atoms with Crippen LogP contribution in [0.3, 0.4) is 0 Å². The average molecular weight is 205 g/mol. The van der Waals surface area contributed by atoms with Crippen molar-refractivity contribution in [1.29, 1.82) is 0 Å². The van der Waals surface area contributed by atoms with Gasteiger partial charge in [0.15, 0.2) is 0 Å². The first-order valence-corrected chi connectivity index (χ1v) is 5.35. The van der Waals surface area contributed by atoms with Crippen molar-refractivity contribution in [3.05, 3.63) is 41.0 Å². The molecule has 1 unspecified atom stereocenters. The average Bonchev–Trinajstić information content (AvgIpc) is 2.72. The molecular formula is C10H11N3S. The Balaban J connectivity index is 2.06.